The smallest absolute Gasteiger partial charge is 0.326 e. The summed E-state index contributed by atoms with van der Waals surface area (Å²) in [5, 5.41) is 36.1. The Balaban J connectivity index is 6.41. The second-order valence-electron chi connectivity index (χ2n) is 19.4. The van der Waals surface area contributed by atoms with Gasteiger partial charge in [0.05, 0.1) is 6.61 Å². The van der Waals surface area contributed by atoms with Gasteiger partial charge in [0.25, 0.3) is 0 Å². The van der Waals surface area contributed by atoms with Gasteiger partial charge in [-0.15, -0.1) is 0 Å². The van der Waals surface area contributed by atoms with Crippen LogP contribution in [0.5, 0.6) is 0 Å². The molecular weight excluding hydrogens is 1020 g/mol. The van der Waals surface area contributed by atoms with Crippen molar-refractivity contribution in [3.8, 4) is 0 Å². The number of carboxylic acids is 1. The summed E-state index contributed by atoms with van der Waals surface area (Å²) in [6, 6.07) is -7.82. The van der Waals surface area contributed by atoms with Crippen LogP contribution in [0.4, 0.5) is 0 Å². The van der Waals surface area contributed by atoms with Gasteiger partial charge < -0.3 is 74.5 Å². The first-order chi connectivity index (χ1) is 37.0. The van der Waals surface area contributed by atoms with Crippen molar-refractivity contribution >= 4 is 65.1 Å². The lowest BCUT2D eigenvalue weighted by atomic mass is 10.0. The molecule has 0 radical (unpaired) electrons. The van der Waals surface area contributed by atoms with Crippen molar-refractivity contribution in [2.24, 2.45) is 22.9 Å². The van der Waals surface area contributed by atoms with Crippen molar-refractivity contribution in [2.45, 2.75) is 230 Å². The Labute approximate surface area is 462 Å². The van der Waals surface area contributed by atoms with E-state index in [1.807, 2.05) is 0 Å². The number of carbonyl (C=O) groups is 9. The van der Waals surface area contributed by atoms with Crippen molar-refractivity contribution < 1.29 is 62.8 Å². The molecule has 0 aromatic heterocycles. The molecule has 0 spiro atoms. The molecule has 0 aliphatic rings. The number of carbonyl (C=O) groups excluding carboxylic acids is 8. The van der Waals surface area contributed by atoms with Gasteiger partial charge in [0.2, 0.25) is 35.4 Å². The minimum absolute atomic E-state index is 0.0363. The zero-order valence-corrected chi connectivity index (χ0v) is 47.5. The second kappa shape index (κ2) is 47.4. The second-order valence-corrected chi connectivity index (χ2v) is 20.5. The lowest BCUT2D eigenvalue weighted by Crippen LogP contribution is -2.60. The Morgan fingerprint density at radius 1 is 0.442 bits per heavy atom. The fraction of sp³-hybridized carbons (Fsp3) is 0.830. The van der Waals surface area contributed by atoms with Crippen LogP contribution in [0.2, 0.25) is 0 Å². The number of nitrogens with one attached hydrogen (secondary N) is 6. The molecule has 0 bridgehead atoms. The summed E-state index contributed by atoms with van der Waals surface area (Å²) >= 11 is 1.13. The molecule has 77 heavy (non-hydrogen) atoms. The molecule has 1 unspecified atom stereocenters. The third-order valence-corrected chi connectivity index (χ3v) is 13.8. The van der Waals surface area contributed by atoms with E-state index in [0.717, 1.165) is 37.4 Å². The van der Waals surface area contributed by atoms with Crippen LogP contribution in [0, 0.1) is 0 Å². The van der Waals surface area contributed by atoms with Crippen LogP contribution in [0.3, 0.4) is 0 Å². The minimum Gasteiger partial charge on any atom is -0.480 e. The van der Waals surface area contributed by atoms with Crippen molar-refractivity contribution in [3.05, 3.63) is 0 Å². The van der Waals surface area contributed by atoms with Crippen LogP contribution in [0.25, 0.3) is 0 Å². The van der Waals surface area contributed by atoms with Crippen LogP contribution in [0.15, 0.2) is 0 Å². The predicted molar refractivity (Wildman–Crippen MR) is 298 cm³/mol. The zero-order valence-electron chi connectivity index (χ0n) is 46.7. The topological polar surface area (TPSA) is 389 Å². The van der Waals surface area contributed by atoms with Crippen molar-refractivity contribution in [1.29, 1.82) is 0 Å². The Kier molecular flexibility index (Phi) is 44.5. The number of aliphatic hydroxyl groups excluding tert-OH is 1. The molecule has 24 heteroatoms. The van der Waals surface area contributed by atoms with Gasteiger partial charge in [-0.05, 0) is 110 Å². The van der Waals surface area contributed by atoms with E-state index in [2.05, 4.69) is 38.8 Å². The van der Waals surface area contributed by atoms with Gasteiger partial charge in [-0.1, -0.05) is 85.0 Å². The maximum atomic E-state index is 14.1. The molecule has 6 amide bonds. The summed E-state index contributed by atoms with van der Waals surface area (Å²) in [6.45, 7) is 5.49. The summed E-state index contributed by atoms with van der Waals surface area (Å²) in [5.74, 6) is -6.70. The third-order valence-electron chi connectivity index (χ3n) is 12.7. The fourth-order valence-corrected chi connectivity index (χ4v) is 9.01. The van der Waals surface area contributed by atoms with Crippen LogP contribution < -0.4 is 54.8 Å². The van der Waals surface area contributed by atoms with Crippen LogP contribution in [-0.2, 0) is 52.6 Å². The molecule has 446 valence electrons. The lowest BCUT2D eigenvalue weighted by Gasteiger charge is -2.27. The fourth-order valence-electron chi connectivity index (χ4n) is 7.98. The van der Waals surface area contributed by atoms with Gasteiger partial charge >= 0.3 is 17.9 Å². The molecule has 7 atom stereocenters. The van der Waals surface area contributed by atoms with Gasteiger partial charge in [-0.25, -0.2) is 4.79 Å². The van der Waals surface area contributed by atoms with Gasteiger partial charge in [0, 0.05) is 30.8 Å². The van der Waals surface area contributed by atoms with Gasteiger partial charge in [0.15, 0.2) is 0 Å². The van der Waals surface area contributed by atoms with E-state index in [9.17, 15) is 53.4 Å². The average Bonchev–Trinajstić information content (AvgIpc) is 3.41. The number of ether oxygens (including phenoxy) is 2. The molecule has 0 fully saturated rings. The van der Waals surface area contributed by atoms with Crippen molar-refractivity contribution in [1.82, 2.24) is 31.9 Å². The number of hydrogen-bond donors (Lipinski definition) is 12. The maximum Gasteiger partial charge on any atom is 0.326 e. The number of aliphatic hydroxyl groups is 1. The molecule has 0 rings (SSSR count). The number of nitrogens with two attached hydrogens (primary N) is 4. The molecule has 0 heterocycles. The SMILES string of the molecule is CCCCCCCCCCCCCC(=O)N[C@H](CSCC(COC(=O)CC)OC(=O)CC)C(=O)N[C@@H](CO)C(=O)N[C@@H](CCCCN)C(=O)N[C@@H](CCCCN)C(=O)N[C@@H](CCCCN)C(=O)N[C@@H](CCCCN)C(=O)O. The standard InChI is InChI=1S/C53H100N10O13S/c1-4-7-8-9-10-11-12-13-14-15-16-29-45(65)58-44(37-77-36-38(76-47(67)6-3)35-75-46(66)5-2)52(72)63-43(34-64)51(71)61-40(26-18-22-31-55)49(69)59-39(25-17-21-30-54)48(68)60-41(27-19-23-32-56)50(70)62-42(53(73)74)28-20-24-33-57/h38-44,64H,4-37,54-57H2,1-3H3,(H,58,65)(H,59,69)(H,60,68)(H,61,71)(H,62,70)(H,63,72)(H,73,74)/t38?,39-,40-,41-,42-,43-,44+/m0/s1. The average molecular weight is 1120 g/mol. The highest BCUT2D eigenvalue weighted by atomic mass is 32.2. The number of rotatable bonds is 50. The van der Waals surface area contributed by atoms with Crippen LogP contribution in [-0.4, -0.2) is 157 Å². The summed E-state index contributed by atoms with van der Waals surface area (Å²) < 4.78 is 10.7. The van der Waals surface area contributed by atoms with E-state index in [1.165, 1.54) is 38.5 Å². The number of hydrogen-bond acceptors (Lipinski definition) is 17. The van der Waals surface area contributed by atoms with Crippen LogP contribution in [0.1, 0.15) is 188 Å². The lowest BCUT2D eigenvalue weighted by molar-refractivity contribution is -0.157. The first-order valence-electron chi connectivity index (χ1n) is 28.4. The van der Waals surface area contributed by atoms with E-state index in [0.29, 0.717) is 70.9 Å². The number of aliphatic carboxylic acids is 1. The van der Waals surface area contributed by atoms with E-state index < -0.39 is 102 Å². The number of esters is 2. The summed E-state index contributed by atoms with van der Waals surface area (Å²) in [5.41, 5.74) is 22.8. The molecule has 0 aromatic rings. The molecule has 16 N–H and O–H groups in total. The van der Waals surface area contributed by atoms with Gasteiger partial charge in [-0.2, -0.15) is 11.8 Å². The number of carboxylic acid groups (broad SMARTS) is 1. The molecule has 0 saturated carbocycles. The quantitative estimate of drug-likeness (QED) is 0.0307. The van der Waals surface area contributed by atoms with Gasteiger partial charge in [0.1, 0.15) is 49.0 Å². The number of amides is 6. The largest absolute Gasteiger partial charge is 0.480 e. The highest BCUT2D eigenvalue weighted by Crippen LogP contribution is 2.15. The van der Waals surface area contributed by atoms with Crippen molar-refractivity contribution in [3.63, 3.8) is 0 Å². The summed E-state index contributed by atoms with van der Waals surface area (Å²) in [4.78, 5) is 119. The zero-order chi connectivity index (χ0) is 57.6. The monoisotopic (exact) mass is 1120 g/mol. The minimum atomic E-state index is -1.61. The first kappa shape index (κ1) is 72.4. The highest BCUT2D eigenvalue weighted by molar-refractivity contribution is 7.99. The maximum absolute atomic E-state index is 14.1. The Morgan fingerprint density at radius 3 is 1.22 bits per heavy atom. The van der Waals surface area contributed by atoms with E-state index in [-0.39, 0.29) is 76.1 Å². The molecule has 0 aromatic carbocycles. The van der Waals surface area contributed by atoms with Crippen LogP contribution >= 0.6 is 11.8 Å². The molecule has 0 aliphatic carbocycles. The molecule has 0 aliphatic heterocycles. The molecule has 23 nitrogen and oxygen atoms in total. The van der Waals surface area contributed by atoms with Gasteiger partial charge in [-0.3, -0.25) is 38.4 Å². The Bertz CT molecular complexity index is 1690. The Morgan fingerprint density at radius 2 is 0.818 bits per heavy atom. The molecular formula is C53H100N10O13S. The number of thioether (sulfide) groups is 1. The van der Waals surface area contributed by atoms with E-state index in [1.54, 1.807) is 13.8 Å². The summed E-state index contributed by atoms with van der Waals surface area (Å²) in [7, 11) is 0. The third kappa shape index (κ3) is 36.2. The van der Waals surface area contributed by atoms with Crippen molar-refractivity contribution in [2.75, 3.05) is 50.9 Å². The van der Waals surface area contributed by atoms with E-state index in [4.69, 9.17) is 32.4 Å². The Hall–Kier alpha value is -4.62. The van der Waals surface area contributed by atoms with E-state index >= 15 is 0 Å². The highest BCUT2D eigenvalue weighted by Gasteiger charge is 2.33. The molecule has 0 saturated heterocycles. The normalized spacial score (nSPS) is 13.9. The predicted octanol–water partition coefficient (Wildman–Crippen LogP) is 2.20. The summed E-state index contributed by atoms with van der Waals surface area (Å²) in [6.07, 6.45) is 15.3. The first-order valence-corrected chi connectivity index (χ1v) is 29.6. The number of unbranched alkanes of at least 4 members (excludes halogenated alkanes) is 14.